The third kappa shape index (κ3) is 2.56. The number of nitrogens with zero attached hydrogens (tertiary/aromatic N) is 2. The molecule has 1 unspecified atom stereocenters. The number of amides is 4. The number of benzene rings is 1. The molecule has 1 atom stereocenters. The monoisotopic (exact) mass is 301 g/mol. The van der Waals surface area contributed by atoms with Crippen molar-refractivity contribution < 1.29 is 14.4 Å². The molecule has 0 aromatic heterocycles. The zero-order valence-corrected chi connectivity index (χ0v) is 12.8. The number of nitrogens with one attached hydrogen (secondary N) is 1. The van der Waals surface area contributed by atoms with Crippen LogP contribution < -0.4 is 5.32 Å². The van der Waals surface area contributed by atoms with Gasteiger partial charge in [-0.25, -0.2) is 4.79 Å². The Labute approximate surface area is 129 Å². The van der Waals surface area contributed by atoms with Gasteiger partial charge in [0.25, 0.3) is 5.91 Å². The Bertz CT molecular complexity index is 614. The van der Waals surface area contributed by atoms with Crippen molar-refractivity contribution in [3.05, 3.63) is 29.3 Å². The molecule has 0 aliphatic carbocycles. The molecule has 1 aromatic rings. The van der Waals surface area contributed by atoms with E-state index in [9.17, 15) is 14.4 Å². The van der Waals surface area contributed by atoms with Gasteiger partial charge in [-0.15, -0.1) is 0 Å². The predicted molar refractivity (Wildman–Crippen MR) is 81.4 cm³/mol. The Balaban J connectivity index is 1.67. The summed E-state index contributed by atoms with van der Waals surface area (Å²) in [4.78, 5) is 39.1. The van der Waals surface area contributed by atoms with E-state index in [0.29, 0.717) is 18.7 Å². The Kier molecular flexibility index (Phi) is 3.60. The van der Waals surface area contributed by atoms with Gasteiger partial charge in [-0.3, -0.25) is 14.5 Å². The summed E-state index contributed by atoms with van der Waals surface area (Å²) in [5.41, 5.74) is 2.77. The Morgan fingerprint density at radius 1 is 1.23 bits per heavy atom. The quantitative estimate of drug-likeness (QED) is 0.863. The summed E-state index contributed by atoms with van der Waals surface area (Å²) in [7, 11) is 0. The molecule has 2 fully saturated rings. The zero-order chi connectivity index (χ0) is 15.9. The SMILES string of the molecule is Cc1cc(C)cc(NC(=O)CN2C(=O)C3CCCN3C2=O)c1. The molecule has 2 aliphatic heterocycles. The molecule has 0 spiro atoms. The van der Waals surface area contributed by atoms with Crippen molar-refractivity contribution in [3.63, 3.8) is 0 Å². The maximum Gasteiger partial charge on any atom is 0.327 e. The number of fused-ring (bicyclic) bond motifs is 1. The second-order valence-electron chi connectivity index (χ2n) is 5.98. The van der Waals surface area contributed by atoms with Crippen molar-refractivity contribution in [1.82, 2.24) is 9.80 Å². The molecule has 22 heavy (non-hydrogen) atoms. The Hall–Kier alpha value is -2.37. The van der Waals surface area contributed by atoms with Gasteiger partial charge in [-0.05, 0) is 49.9 Å². The maximum absolute atomic E-state index is 12.2. The first-order valence-electron chi connectivity index (χ1n) is 7.46. The van der Waals surface area contributed by atoms with E-state index < -0.39 is 0 Å². The highest BCUT2D eigenvalue weighted by atomic mass is 16.2. The van der Waals surface area contributed by atoms with E-state index in [1.54, 1.807) is 4.90 Å². The molecular weight excluding hydrogens is 282 g/mol. The number of hydrogen-bond donors (Lipinski definition) is 1. The largest absolute Gasteiger partial charge is 0.327 e. The third-order valence-corrected chi connectivity index (χ3v) is 4.09. The van der Waals surface area contributed by atoms with Crippen LogP contribution in [0.15, 0.2) is 18.2 Å². The number of rotatable bonds is 3. The number of anilines is 1. The lowest BCUT2D eigenvalue weighted by Crippen LogP contribution is -2.39. The number of hydrogen-bond acceptors (Lipinski definition) is 3. The zero-order valence-electron chi connectivity index (χ0n) is 12.8. The van der Waals surface area contributed by atoms with Crippen LogP contribution in [-0.2, 0) is 9.59 Å². The second kappa shape index (κ2) is 5.44. The van der Waals surface area contributed by atoms with Crippen LogP contribution in [0.3, 0.4) is 0 Å². The first-order chi connectivity index (χ1) is 10.5. The molecule has 0 saturated carbocycles. The smallest absolute Gasteiger partial charge is 0.325 e. The summed E-state index contributed by atoms with van der Waals surface area (Å²) < 4.78 is 0. The molecule has 1 aromatic carbocycles. The van der Waals surface area contributed by atoms with Gasteiger partial charge in [0.1, 0.15) is 12.6 Å². The van der Waals surface area contributed by atoms with E-state index in [1.165, 1.54) is 0 Å². The molecule has 2 aliphatic rings. The van der Waals surface area contributed by atoms with Crippen LogP contribution >= 0.6 is 0 Å². The number of carbonyl (C=O) groups excluding carboxylic acids is 3. The van der Waals surface area contributed by atoms with Gasteiger partial charge in [-0.2, -0.15) is 0 Å². The first kappa shape index (κ1) is 14.6. The van der Waals surface area contributed by atoms with Gasteiger partial charge in [-0.1, -0.05) is 6.07 Å². The minimum absolute atomic E-state index is 0.225. The van der Waals surface area contributed by atoms with Crippen molar-refractivity contribution >= 4 is 23.5 Å². The van der Waals surface area contributed by atoms with Crippen LogP contribution in [0.4, 0.5) is 10.5 Å². The molecule has 4 amide bonds. The highest BCUT2D eigenvalue weighted by molar-refractivity contribution is 6.08. The van der Waals surface area contributed by atoms with E-state index in [1.807, 2.05) is 32.0 Å². The molecule has 2 heterocycles. The van der Waals surface area contributed by atoms with Crippen molar-refractivity contribution in [3.8, 4) is 0 Å². The normalized spacial score (nSPS) is 20.5. The second-order valence-corrected chi connectivity index (χ2v) is 5.98. The van der Waals surface area contributed by atoms with Gasteiger partial charge >= 0.3 is 6.03 Å². The van der Waals surface area contributed by atoms with Gasteiger partial charge in [0.2, 0.25) is 5.91 Å². The molecular formula is C16H19N3O3. The highest BCUT2D eigenvalue weighted by Crippen LogP contribution is 2.27. The summed E-state index contributed by atoms with van der Waals surface area (Å²) in [6.45, 7) is 4.28. The summed E-state index contributed by atoms with van der Waals surface area (Å²) in [6.07, 6.45) is 1.55. The Morgan fingerprint density at radius 3 is 2.55 bits per heavy atom. The molecule has 6 nitrogen and oxygen atoms in total. The van der Waals surface area contributed by atoms with Crippen molar-refractivity contribution in [2.75, 3.05) is 18.4 Å². The van der Waals surface area contributed by atoms with Gasteiger partial charge in [0, 0.05) is 12.2 Å². The highest BCUT2D eigenvalue weighted by Gasteiger charge is 2.47. The van der Waals surface area contributed by atoms with Gasteiger partial charge in [0.05, 0.1) is 0 Å². The minimum atomic E-state index is -0.360. The average Bonchev–Trinajstić information content (AvgIpc) is 2.98. The lowest BCUT2D eigenvalue weighted by atomic mass is 10.1. The third-order valence-electron chi connectivity index (χ3n) is 4.09. The van der Waals surface area contributed by atoms with Crippen LogP contribution in [0.1, 0.15) is 24.0 Å². The number of imide groups is 1. The lowest BCUT2D eigenvalue weighted by molar-refractivity contribution is -0.131. The molecule has 116 valence electrons. The first-order valence-corrected chi connectivity index (χ1v) is 7.46. The minimum Gasteiger partial charge on any atom is -0.325 e. The summed E-state index contributed by atoms with van der Waals surface area (Å²) in [5.74, 6) is -0.606. The molecule has 6 heteroatoms. The van der Waals surface area contributed by atoms with Crippen molar-refractivity contribution in [2.24, 2.45) is 0 Å². The van der Waals surface area contributed by atoms with Crippen LogP contribution in [-0.4, -0.2) is 46.8 Å². The fourth-order valence-corrected chi connectivity index (χ4v) is 3.22. The molecule has 0 radical (unpaired) electrons. The van der Waals surface area contributed by atoms with Gasteiger partial charge < -0.3 is 10.2 Å². The molecule has 0 bridgehead atoms. The average molecular weight is 301 g/mol. The molecule has 2 saturated heterocycles. The predicted octanol–water partition coefficient (Wildman–Crippen LogP) is 1.67. The van der Waals surface area contributed by atoms with Crippen LogP contribution in [0, 0.1) is 13.8 Å². The van der Waals surface area contributed by atoms with E-state index >= 15 is 0 Å². The van der Waals surface area contributed by atoms with Crippen molar-refractivity contribution in [1.29, 1.82) is 0 Å². The fourth-order valence-electron chi connectivity index (χ4n) is 3.22. The number of aryl methyl sites for hydroxylation is 2. The Morgan fingerprint density at radius 2 is 1.91 bits per heavy atom. The van der Waals surface area contributed by atoms with E-state index in [-0.39, 0.29) is 30.4 Å². The lowest BCUT2D eigenvalue weighted by Gasteiger charge is -2.15. The number of carbonyl (C=O) groups is 3. The van der Waals surface area contributed by atoms with E-state index in [2.05, 4.69) is 5.32 Å². The van der Waals surface area contributed by atoms with Crippen molar-refractivity contribution in [2.45, 2.75) is 32.7 Å². The van der Waals surface area contributed by atoms with E-state index in [4.69, 9.17) is 0 Å². The summed E-state index contributed by atoms with van der Waals surface area (Å²) in [6, 6.07) is 5.02. The molecule has 3 rings (SSSR count). The van der Waals surface area contributed by atoms with Crippen LogP contribution in [0.25, 0.3) is 0 Å². The topological polar surface area (TPSA) is 69.7 Å². The van der Waals surface area contributed by atoms with E-state index in [0.717, 1.165) is 22.4 Å². The van der Waals surface area contributed by atoms with Crippen LogP contribution in [0.5, 0.6) is 0 Å². The fraction of sp³-hybridized carbons (Fsp3) is 0.438. The summed E-state index contributed by atoms with van der Waals surface area (Å²) >= 11 is 0. The maximum atomic E-state index is 12.2. The summed E-state index contributed by atoms with van der Waals surface area (Å²) in [5, 5.41) is 2.75. The van der Waals surface area contributed by atoms with Gasteiger partial charge in [0.15, 0.2) is 0 Å². The van der Waals surface area contributed by atoms with Crippen LogP contribution in [0.2, 0.25) is 0 Å². The molecule has 1 N–H and O–H groups in total. The number of urea groups is 1. The standard InChI is InChI=1S/C16H19N3O3/c1-10-6-11(2)8-12(7-10)17-14(20)9-19-15(21)13-4-3-5-18(13)16(19)22/h6-8,13H,3-5,9H2,1-2H3,(H,17,20).